The van der Waals surface area contributed by atoms with Crippen LogP contribution in [0.4, 0.5) is 0 Å². The highest BCUT2D eigenvalue weighted by molar-refractivity contribution is 9.10. The summed E-state index contributed by atoms with van der Waals surface area (Å²) < 4.78 is 13.9. The zero-order valence-electron chi connectivity index (χ0n) is 13.5. The molecular formula is C19H19BrN2O2. The molecule has 0 atom stereocenters. The van der Waals surface area contributed by atoms with Crippen LogP contribution in [0.1, 0.15) is 5.56 Å². The summed E-state index contributed by atoms with van der Waals surface area (Å²) in [6.07, 6.45) is 3.88. The molecule has 1 aromatic heterocycles. The first-order valence-corrected chi connectivity index (χ1v) is 8.53. The van der Waals surface area contributed by atoms with Crippen molar-refractivity contribution >= 4 is 15.9 Å². The third-order valence-electron chi connectivity index (χ3n) is 3.61. The first kappa shape index (κ1) is 16.7. The fraction of sp³-hybridized carbons (Fsp3) is 0.211. The summed E-state index contributed by atoms with van der Waals surface area (Å²) in [5.74, 6) is 0.827. The van der Waals surface area contributed by atoms with E-state index in [1.807, 2.05) is 47.4 Å². The number of rotatable bonds is 7. The summed E-state index contributed by atoms with van der Waals surface area (Å²) in [7, 11) is 1.69. The van der Waals surface area contributed by atoms with Crippen LogP contribution in [0.5, 0.6) is 5.75 Å². The molecule has 24 heavy (non-hydrogen) atoms. The second-order valence-electron chi connectivity index (χ2n) is 5.43. The lowest BCUT2D eigenvalue weighted by Gasteiger charge is -2.09. The molecule has 0 amide bonds. The maximum absolute atomic E-state index is 5.93. The van der Waals surface area contributed by atoms with Crippen molar-refractivity contribution < 1.29 is 9.47 Å². The number of nitrogens with zero attached hydrogens (tertiary/aromatic N) is 2. The van der Waals surface area contributed by atoms with Gasteiger partial charge in [0.05, 0.1) is 19.3 Å². The quantitative estimate of drug-likeness (QED) is 0.597. The standard InChI is InChI=1S/C19H19BrN2O2/c1-23-8-7-22-13-17(12-21-22)16-9-18(20)11-19(10-16)24-14-15-5-3-2-4-6-15/h2-6,9-13H,7-8,14H2,1H3. The Hall–Kier alpha value is -2.11. The summed E-state index contributed by atoms with van der Waals surface area (Å²) in [6, 6.07) is 16.2. The number of hydrogen-bond acceptors (Lipinski definition) is 3. The minimum atomic E-state index is 0.545. The van der Waals surface area contributed by atoms with Crippen molar-refractivity contribution in [3.8, 4) is 16.9 Å². The van der Waals surface area contributed by atoms with Crippen LogP contribution in [-0.2, 0) is 17.9 Å². The van der Waals surface area contributed by atoms with Crippen molar-refractivity contribution in [2.75, 3.05) is 13.7 Å². The van der Waals surface area contributed by atoms with Gasteiger partial charge in [-0.15, -0.1) is 0 Å². The predicted octanol–water partition coefficient (Wildman–Crippen LogP) is 4.54. The van der Waals surface area contributed by atoms with Crippen molar-refractivity contribution in [3.63, 3.8) is 0 Å². The van der Waals surface area contributed by atoms with Gasteiger partial charge in [-0.3, -0.25) is 4.68 Å². The highest BCUT2D eigenvalue weighted by atomic mass is 79.9. The predicted molar refractivity (Wildman–Crippen MR) is 98.0 cm³/mol. The van der Waals surface area contributed by atoms with E-state index < -0.39 is 0 Å². The second kappa shape index (κ2) is 8.13. The lowest BCUT2D eigenvalue weighted by atomic mass is 10.1. The van der Waals surface area contributed by atoms with E-state index in [1.165, 1.54) is 0 Å². The summed E-state index contributed by atoms with van der Waals surface area (Å²) in [4.78, 5) is 0. The Morgan fingerprint density at radius 1 is 1.08 bits per heavy atom. The van der Waals surface area contributed by atoms with Crippen molar-refractivity contribution in [2.45, 2.75) is 13.2 Å². The normalized spacial score (nSPS) is 10.8. The van der Waals surface area contributed by atoms with Gasteiger partial charge in [0.2, 0.25) is 0 Å². The van der Waals surface area contributed by atoms with Gasteiger partial charge in [0, 0.05) is 23.3 Å². The van der Waals surface area contributed by atoms with Crippen LogP contribution in [0.15, 0.2) is 65.4 Å². The van der Waals surface area contributed by atoms with E-state index in [-0.39, 0.29) is 0 Å². The van der Waals surface area contributed by atoms with Crippen LogP contribution >= 0.6 is 15.9 Å². The summed E-state index contributed by atoms with van der Waals surface area (Å²) in [6.45, 7) is 1.93. The van der Waals surface area contributed by atoms with E-state index in [1.54, 1.807) is 7.11 Å². The molecule has 4 nitrogen and oxygen atoms in total. The van der Waals surface area contributed by atoms with Gasteiger partial charge in [-0.2, -0.15) is 5.10 Å². The van der Waals surface area contributed by atoms with E-state index in [9.17, 15) is 0 Å². The molecule has 3 rings (SSSR count). The SMILES string of the molecule is COCCn1cc(-c2cc(Br)cc(OCc3ccccc3)c2)cn1. The van der Waals surface area contributed by atoms with E-state index in [2.05, 4.69) is 39.2 Å². The molecule has 3 aromatic rings. The number of benzene rings is 2. The van der Waals surface area contributed by atoms with Crippen LogP contribution in [0.25, 0.3) is 11.1 Å². The molecule has 0 N–H and O–H groups in total. The summed E-state index contributed by atoms with van der Waals surface area (Å²) >= 11 is 3.56. The fourth-order valence-electron chi connectivity index (χ4n) is 2.37. The van der Waals surface area contributed by atoms with Crippen molar-refractivity contribution in [3.05, 3.63) is 71.0 Å². The lowest BCUT2D eigenvalue weighted by molar-refractivity contribution is 0.183. The van der Waals surface area contributed by atoms with Gasteiger partial charge in [0.1, 0.15) is 12.4 Å². The lowest BCUT2D eigenvalue weighted by Crippen LogP contribution is -2.03. The molecule has 2 aromatic carbocycles. The Labute approximate surface area is 150 Å². The van der Waals surface area contributed by atoms with E-state index in [0.717, 1.165) is 33.5 Å². The number of aromatic nitrogens is 2. The molecular weight excluding hydrogens is 368 g/mol. The Balaban J connectivity index is 1.74. The smallest absolute Gasteiger partial charge is 0.121 e. The van der Waals surface area contributed by atoms with E-state index in [0.29, 0.717) is 13.2 Å². The minimum absolute atomic E-state index is 0.545. The molecule has 0 saturated carbocycles. The number of methoxy groups -OCH3 is 1. The monoisotopic (exact) mass is 386 g/mol. The Kier molecular flexibility index (Phi) is 5.67. The summed E-state index contributed by atoms with van der Waals surface area (Å²) in [5, 5.41) is 4.36. The molecule has 0 spiro atoms. The van der Waals surface area contributed by atoms with Crippen LogP contribution < -0.4 is 4.74 Å². The zero-order valence-corrected chi connectivity index (χ0v) is 15.1. The molecule has 0 aliphatic heterocycles. The highest BCUT2D eigenvalue weighted by Gasteiger charge is 2.06. The molecule has 1 heterocycles. The third-order valence-corrected chi connectivity index (χ3v) is 4.07. The Morgan fingerprint density at radius 2 is 1.92 bits per heavy atom. The zero-order chi connectivity index (χ0) is 16.8. The maximum Gasteiger partial charge on any atom is 0.121 e. The molecule has 0 bridgehead atoms. The molecule has 0 saturated heterocycles. The Bertz CT molecular complexity index is 787. The molecule has 0 aliphatic carbocycles. The topological polar surface area (TPSA) is 36.3 Å². The first-order chi connectivity index (χ1) is 11.7. The van der Waals surface area contributed by atoms with Gasteiger partial charge in [-0.25, -0.2) is 0 Å². The molecule has 0 radical (unpaired) electrons. The van der Waals surface area contributed by atoms with Gasteiger partial charge in [0.25, 0.3) is 0 Å². The van der Waals surface area contributed by atoms with Crippen LogP contribution in [0.3, 0.4) is 0 Å². The molecule has 0 fully saturated rings. The molecule has 5 heteroatoms. The Morgan fingerprint density at radius 3 is 2.71 bits per heavy atom. The van der Waals surface area contributed by atoms with Crippen LogP contribution in [0.2, 0.25) is 0 Å². The first-order valence-electron chi connectivity index (χ1n) is 7.73. The van der Waals surface area contributed by atoms with Crippen LogP contribution in [-0.4, -0.2) is 23.5 Å². The number of halogens is 1. The number of hydrogen-bond donors (Lipinski definition) is 0. The van der Waals surface area contributed by atoms with E-state index in [4.69, 9.17) is 9.47 Å². The van der Waals surface area contributed by atoms with Gasteiger partial charge in [0.15, 0.2) is 0 Å². The number of ether oxygens (including phenoxy) is 2. The van der Waals surface area contributed by atoms with Crippen LogP contribution in [0, 0.1) is 0 Å². The molecule has 0 unspecified atom stereocenters. The van der Waals surface area contributed by atoms with Gasteiger partial charge < -0.3 is 9.47 Å². The minimum Gasteiger partial charge on any atom is -0.489 e. The van der Waals surface area contributed by atoms with Crippen molar-refractivity contribution in [1.29, 1.82) is 0 Å². The molecule has 124 valence electrons. The maximum atomic E-state index is 5.93. The van der Waals surface area contributed by atoms with Gasteiger partial charge >= 0.3 is 0 Å². The highest BCUT2D eigenvalue weighted by Crippen LogP contribution is 2.29. The third kappa shape index (κ3) is 4.46. The van der Waals surface area contributed by atoms with Crippen molar-refractivity contribution in [1.82, 2.24) is 9.78 Å². The fourth-order valence-corrected chi connectivity index (χ4v) is 2.85. The van der Waals surface area contributed by atoms with Crippen molar-refractivity contribution in [2.24, 2.45) is 0 Å². The van der Waals surface area contributed by atoms with E-state index >= 15 is 0 Å². The summed E-state index contributed by atoms with van der Waals surface area (Å²) in [5.41, 5.74) is 3.26. The average Bonchev–Trinajstić information content (AvgIpc) is 3.08. The average molecular weight is 387 g/mol. The second-order valence-corrected chi connectivity index (χ2v) is 6.35. The van der Waals surface area contributed by atoms with Gasteiger partial charge in [-0.05, 0) is 29.3 Å². The largest absolute Gasteiger partial charge is 0.489 e. The van der Waals surface area contributed by atoms with Gasteiger partial charge in [-0.1, -0.05) is 46.3 Å². The molecule has 0 aliphatic rings.